The Hall–Kier alpha value is -1.22. The van der Waals surface area contributed by atoms with E-state index in [2.05, 4.69) is 41.4 Å². The summed E-state index contributed by atoms with van der Waals surface area (Å²) < 4.78 is 5.81. The first-order chi connectivity index (χ1) is 10.4. The van der Waals surface area contributed by atoms with Crippen LogP contribution in [0.3, 0.4) is 0 Å². The van der Waals surface area contributed by atoms with Gasteiger partial charge in [-0.25, -0.2) is 0 Å². The Kier molecular flexibility index (Phi) is 7.44. The summed E-state index contributed by atoms with van der Waals surface area (Å²) in [6.07, 6.45) is 7.60. The highest BCUT2D eigenvalue weighted by atomic mass is 16.5. The van der Waals surface area contributed by atoms with Gasteiger partial charge in [-0.05, 0) is 50.9 Å². The van der Waals surface area contributed by atoms with Crippen LogP contribution in [0.25, 0.3) is 0 Å². The fourth-order valence-electron chi connectivity index (χ4n) is 2.84. The minimum absolute atomic E-state index is 0.844. The molecule has 1 heterocycles. The van der Waals surface area contributed by atoms with Crippen LogP contribution < -0.4 is 15.0 Å². The predicted molar refractivity (Wildman–Crippen MR) is 90.4 cm³/mol. The van der Waals surface area contributed by atoms with E-state index in [-0.39, 0.29) is 0 Å². The molecule has 0 radical (unpaired) electrons. The van der Waals surface area contributed by atoms with E-state index in [9.17, 15) is 0 Å². The van der Waals surface area contributed by atoms with Crippen LogP contribution in [-0.2, 0) is 0 Å². The van der Waals surface area contributed by atoms with Crippen molar-refractivity contribution in [3.05, 3.63) is 24.3 Å². The molecule has 0 saturated carbocycles. The Bertz CT molecular complexity index is 395. The molecule has 0 atom stereocenters. The summed E-state index contributed by atoms with van der Waals surface area (Å²) in [6.45, 7) is 7.67. The van der Waals surface area contributed by atoms with Crippen LogP contribution in [0.15, 0.2) is 24.3 Å². The molecule has 1 aromatic carbocycles. The van der Waals surface area contributed by atoms with Gasteiger partial charge in [0.1, 0.15) is 5.75 Å². The van der Waals surface area contributed by atoms with Gasteiger partial charge in [0.25, 0.3) is 0 Å². The molecular weight excluding hydrogens is 260 g/mol. The van der Waals surface area contributed by atoms with Gasteiger partial charge in [-0.1, -0.05) is 31.9 Å². The molecule has 3 heteroatoms. The van der Waals surface area contributed by atoms with Crippen molar-refractivity contribution in [2.45, 2.75) is 45.4 Å². The van der Waals surface area contributed by atoms with E-state index in [4.69, 9.17) is 4.74 Å². The van der Waals surface area contributed by atoms with Gasteiger partial charge in [0.15, 0.2) is 0 Å². The Morgan fingerprint density at radius 1 is 1.10 bits per heavy atom. The number of hydrogen-bond acceptors (Lipinski definition) is 3. The molecule has 0 amide bonds. The molecular formula is C18H30N2O. The number of nitrogens with one attached hydrogen (secondary N) is 1. The van der Waals surface area contributed by atoms with Crippen LogP contribution in [0, 0.1) is 0 Å². The molecule has 1 aliphatic rings. The molecule has 1 N–H and O–H groups in total. The highest BCUT2D eigenvalue weighted by Crippen LogP contribution is 2.30. The lowest BCUT2D eigenvalue weighted by Crippen LogP contribution is -2.25. The van der Waals surface area contributed by atoms with E-state index in [1.807, 2.05) is 0 Å². The van der Waals surface area contributed by atoms with Gasteiger partial charge in [-0.2, -0.15) is 0 Å². The van der Waals surface area contributed by atoms with E-state index >= 15 is 0 Å². The third-order valence-corrected chi connectivity index (χ3v) is 3.99. The van der Waals surface area contributed by atoms with Gasteiger partial charge in [-0.3, -0.25) is 0 Å². The monoisotopic (exact) mass is 290 g/mol. The summed E-state index contributed by atoms with van der Waals surface area (Å²) in [5.41, 5.74) is 1.28. The van der Waals surface area contributed by atoms with Crippen molar-refractivity contribution in [3.8, 4) is 5.75 Å². The Morgan fingerprint density at radius 2 is 1.95 bits per heavy atom. The molecule has 0 spiro atoms. The van der Waals surface area contributed by atoms with Crippen LogP contribution >= 0.6 is 0 Å². The SMILES string of the molecule is CCCNCCCCCCN1CCCOc2ccccc21. The van der Waals surface area contributed by atoms with Crippen LogP contribution in [-0.4, -0.2) is 32.8 Å². The lowest BCUT2D eigenvalue weighted by atomic mass is 10.1. The van der Waals surface area contributed by atoms with Crippen molar-refractivity contribution in [2.24, 2.45) is 0 Å². The highest BCUT2D eigenvalue weighted by molar-refractivity contribution is 5.58. The van der Waals surface area contributed by atoms with Crippen molar-refractivity contribution in [2.75, 3.05) is 37.7 Å². The summed E-state index contributed by atoms with van der Waals surface area (Å²) in [7, 11) is 0. The van der Waals surface area contributed by atoms with Gasteiger partial charge in [-0.15, -0.1) is 0 Å². The number of anilines is 1. The second kappa shape index (κ2) is 9.67. The second-order valence-corrected chi connectivity index (χ2v) is 5.82. The lowest BCUT2D eigenvalue weighted by Gasteiger charge is -2.23. The maximum Gasteiger partial charge on any atom is 0.142 e. The maximum atomic E-state index is 5.81. The normalized spacial score (nSPS) is 14.4. The summed E-state index contributed by atoms with van der Waals surface area (Å²) >= 11 is 0. The fraction of sp³-hybridized carbons (Fsp3) is 0.667. The quantitative estimate of drug-likeness (QED) is 0.699. The van der Waals surface area contributed by atoms with Gasteiger partial charge in [0, 0.05) is 13.1 Å². The molecule has 3 nitrogen and oxygen atoms in total. The molecule has 0 unspecified atom stereocenters. The zero-order valence-electron chi connectivity index (χ0n) is 13.4. The summed E-state index contributed by atoms with van der Waals surface area (Å²) in [5, 5.41) is 3.47. The third kappa shape index (κ3) is 5.58. The van der Waals surface area contributed by atoms with Gasteiger partial charge in [0.05, 0.1) is 12.3 Å². The summed E-state index contributed by atoms with van der Waals surface area (Å²) in [4.78, 5) is 2.50. The van der Waals surface area contributed by atoms with Crippen LogP contribution in [0.4, 0.5) is 5.69 Å². The van der Waals surface area contributed by atoms with Crippen LogP contribution in [0.5, 0.6) is 5.75 Å². The number of benzene rings is 1. The van der Waals surface area contributed by atoms with Crippen LogP contribution in [0.1, 0.15) is 45.4 Å². The zero-order chi connectivity index (χ0) is 14.8. The number of rotatable bonds is 9. The molecule has 0 fully saturated rings. The van der Waals surface area contributed by atoms with Gasteiger partial charge < -0.3 is 15.0 Å². The topological polar surface area (TPSA) is 24.5 Å². The third-order valence-electron chi connectivity index (χ3n) is 3.99. The van der Waals surface area contributed by atoms with E-state index in [1.54, 1.807) is 0 Å². The van der Waals surface area contributed by atoms with E-state index in [0.717, 1.165) is 38.4 Å². The van der Waals surface area contributed by atoms with Crippen molar-refractivity contribution in [1.82, 2.24) is 5.32 Å². The second-order valence-electron chi connectivity index (χ2n) is 5.82. The largest absolute Gasteiger partial charge is 0.491 e. The number of ether oxygens (including phenoxy) is 1. The Morgan fingerprint density at radius 3 is 2.86 bits per heavy atom. The number of hydrogen-bond donors (Lipinski definition) is 1. The Labute approximate surface area is 129 Å². The van der Waals surface area contributed by atoms with Crippen molar-refractivity contribution in [3.63, 3.8) is 0 Å². The summed E-state index contributed by atoms with van der Waals surface area (Å²) in [5.74, 6) is 1.05. The highest BCUT2D eigenvalue weighted by Gasteiger charge is 2.14. The predicted octanol–water partition coefficient (Wildman–Crippen LogP) is 3.84. The molecule has 2 rings (SSSR count). The van der Waals surface area contributed by atoms with E-state index in [0.29, 0.717) is 0 Å². The lowest BCUT2D eigenvalue weighted by molar-refractivity contribution is 0.322. The minimum atomic E-state index is 0.844. The number of unbranched alkanes of at least 4 members (excludes halogenated alkanes) is 3. The zero-order valence-corrected chi connectivity index (χ0v) is 13.4. The molecule has 21 heavy (non-hydrogen) atoms. The van der Waals surface area contributed by atoms with Crippen molar-refractivity contribution < 1.29 is 4.74 Å². The first kappa shape index (κ1) is 16.2. The van der Waals surface area contributed by atoms with Gasteiger partial charge >= 0.3 is 0 Å². The molecule has 0 aromatic heterocycles. The number of fused-ring (bicyclic) bond motifs is 1. The molecule has 1 aliphatic heterocycles. The van der Waals surface area contributed by atoms with Crippen molar-refractivity contribution >= 4 is 5.69 Å². The number of nitrogens with zero attached hydrogens (tertiary/aromatic N) is 1. The first-order valence-corrected chi connectivity index (χ1v) is 8.59. The molecule has 0 bridgehead atoms. The first-order valence-electron chi connectivity index (χ1n) is 8.59. The Balaban J connectivity index is 1.66. The molecule has 118 valence electrons. The fourth-order valence-corrected chi connectivity index (χ4v) is 2.84. The maximum absolute atomic E-state index is 5.81. The number of para-hydroxylation sites is 2. The standard InChI is InChI=1S/C18H30N2O/c1-2-12-19-13-7-3-4-8-14-20-15-9-16-21-18-11-6-5-10-17(18)20/h5-6,10-11,19H,2-4,7-9,12-16H2,1H3. The van der Waals surface area contributed by atoms with Gasteiger partial charge in [0.2, 0.25) is 0 Å². The smallest absolute Gasteiger partial charge is 0.142 e. The van der Waals surface area contributed by atoms with E-state index < -0.39 is 0 Å². The molecule has 1 aromatic rings. The molecule has 0 saturated heterocycles. The van der Waals surface area contributed by atoms with Crippen molar-refractivity contribution in [1.29, 1.82) is 0 Å². The molecule has 0 aliphatic carbocycles. The van der Waals surface area contributed by atoms with Crippen LogP contribution in [0.2, 0.25) is 0 Å². The summed E-state index contributed by atoms with van der Waals surface area (Å²) in [6, 6.07) is 8.45. The average molecular weight is 290 g/mol. The van der Waals surface area contributed by atoms with E-state index in [1.165, 1.54) is 44.3 Å². The average Bonchev–Trinajstić information content (AvgIpc) is 2.72. The minimum Gasteiger partial charge on any atom is -0.491 e.